The molecule has 1 amide bonds. The van der Waals surface area contributed by atoms with Gasteiger partial charge in [-0.25, -0.2) is 9.97 Å². The second kappa shape index (κ2) is 8.29. The Kier molecular flexibility index (Phi) is 5.60. The van der Waals surface area contributed by atoms with Crippen LogP contribution in [0.15, 0.2) is 30.3 Å². The monoisotopic (exact) mass is 378 g/mol. The van der Waals surface area contributed by atoms with Gasteiger partial charge in [0, 0.05) is 37.3 Å². The number of rotatable bonds is 5. The third-order valence-electron chi connectivity index (χ3n) is 6.05. The van der Waals surface area contributed by atoms with Gasteiger partial charge < -0.3 is 9.80 Å². The minimum atomic E-state index is 0.0364. The van der Waals surface area contributed by atoms with Gasteiger partial charge in [0.1, 0.15) is 5.82 Å². The quantitative estimate of drug-likeness (QED) is 0.793. The Bertz CT molecular complexity index is 836. The van der Waals surface area contributed by atoms with Crippen molar-refractivity contribution in [1.29, 1.82) is 0 Å². The van der Waals surface area contributed by atoms with Crippen LogP contribution in [0.4, 0.5) is 5.82 Å². The summed E-state index contributed by atoms with van der Waals surface area (Å²) in [7, 11) is 0. The summed E-state index contributed by atoms with van der Waals surface area (Å²) in [6.45, 7) is 6.87. The molecule has 1 fully saturated rings. The van der Waals surface area contributed by atoms with Crippen LogP contribution in [0.2, 0.25) is 0 Å². The number of hydrogen-bond donors (Lipinski definition) is 0. The molecule has 5 heteroatoms. The van der Waals surface area contributed by atoms with Crippen LogP contribution in [0, 0.1) is 6.92 Å². The van der Waals surface area contributed by atoms with Gasteiger partial charge in [0.2, 0.25) is 5.91 Å². The highest BCUT2D eigenvalue weighted by atomic mass is 16.2. The van der Waals surface area contributed by atoms with E-state index in [0.29, 0.717) is 6.42 Å². The van der Waals surface area contributed by atoms with Crippen molar-refractivity contribution < 1.29 is 4.79 Å². The molecule has 5 nitrogen and oxygen atoms in total. The van der Waals surface area contributed by atoms with Crippen molar-refractivity contribution >= 4 is 11.7 Å². The number of hydrogen-bond acceptors (Lipinski definition) is 4. The fraction of sp³-hybridized carbons (Fsp3) is 0.522. The normalized spacial score (nSPS) is 19.0. The van der Waals surface area contributed by atoms with Crippen LogP contribution in [-0.4, -0.2) is 40.4 Å². The van der Waals surface area contributed by atoms with Crippen LogP contribution < -0.4 is 4.90 Å². The Hall–Kier alpha value is -2.43. The molecular formula is C23H30N4O. The topological polar surface area (TPSA) is 49.3 Å². The summed E-state index contributed by atoms with van der Waals surface area (Å²) < 4.78 is 0. The van der Waals surface area contributed by atoms with Gasteiger partial charge in [0.05, 0.1) is 6.04 Å². The van der Waals surface area contributed by atoms with E-state index in [1.165, 1.54) is 11.1 Å². The Morgan fingerprint density at radius 1 is 1.14 bits per heavy atom. The van der Waals surface area contributed by atoms with E-state index in [1.807, 2.05) is 11.8 Å². The molecule has 0 radical (unpaired) electrons. The number of benzene rings is 1. The molecule has 1 atom stereocenters. The number of likely N-dealkylation sites (tertiary alicyclic amines) is 1. The van der Waals surface area contributed by atoms with Crippen LogP contribution in [0.1, 0.15) is 61.3 Å². The Balaban J connectivity index is 1.60. The van der Waals surface area contributed by atoms with Crippen LogP contribution >= 0.6 is 0 Å². The van der Waals surface area contributed by atoms with E-state index in [0.717, 1.165) is 69.1 Å². The van der Waals surface area contributed by atoms with E-state index in [9.17, 15) is 4.79 Å². The lowest BCUT2D eigenvalue weighted by atomic mass is 10.0. The molecule has 2 aromatic rings. The number of aryl methyl sites for hydroxylation is 1. The summed E-state index contributed by atoms with van der Waals surface area (Å²) in [5.41, 5.74) is 3.73. The third kappa shape index (κ3) is 3.75. The summed E-state index contributed by atoms with van der Waals surface area (Å²) in [6.07, 6.45) is 5.76. The Morgan fingerprint density at radius 2 is 1.96 bits per heavy atom. The maximum absolute atomic E-state index is 12.4. The minimum Gasteiger partial charge on any atom is -0.356 e. The first-order valence-electron chi connectivity index (χ1n) is 10.6. The Labute approximate surface area is 167 Å². The van der Waals surface area contributed by atoms with Crippen LogP contribution in [-0.2, 0) is 17.6 Å². The fourth-order valence-corrected chi connectivity index (χ4v) is 4.52. The van der Waals surface area contributed by atoms with E-state index in [4.69, 9.17) is 9.97 Å². The molecule has 0 bridgehead atoms. The highest BCUT2D eigenvalue weighted by Crippen LogP contribution is 2.34. The molecular weight excluding hydrogens is 348 g/mol. The molecule has 2 aliphatic heterocycles. The van der Waals surface area contributed by atoms with Gasteiger partial charge in [-0.3, -0.25) is 4.79 Å². The number of aromatic nitrogens is 2. The number of carbonyl (C=O) groups excluding carboxylic acids is 1. The van der Waals surface area contributed by atoms with Gasteiger partial charge >= 0.3 is 0 Å². The third-order valence-corrected chi connectivity index (χ3v) is 6.05. The molecule has 0 saturated carbocycles. The van der Waals surface area contributed by atoms with Crippen LogP contribution in [0.3, 0.4) is 0 Å². The number of anilines is 1. The smallest absolute Gasteiger partial charge is 0.222 e. The van der Waals surface area contributed by atoms with E-state index in [-0.39, 0.29) is 11.9 Å². The molecule has 0 N–H and O–H groups in total. The lowest BCUT2D eigenvalue weighted by molar-refractivity contribution is -0.131. The van der Waals surface area contributed by atoms with Crippen LogP contribution in [0.25, 0.3) is 0 Å². The number of fused-ring (bicyclic) bond motifs is 1. The van der Waals surface area contributed by atoms with Crippen molar-refractivity contribution in [2.75, 3.05) is 24.5 Å². The zero-order valence-corrected chi connectivity index (χ0v) is 17.0. The second-order valence-corrected chi connectivity index (χ2v) is 7.89. The van der Waals surface area contributed by atoms with Crippen molar-refractivity contribution in [1.82, 2.24) is 14.9 Å². The SMILES string of the molecule is CCC(=O)N1CCC[C@@H]1c1nc(C)c2c(n1)N(CCc1ccccc1)CCC2. The number of nitrogens with zero attached hydrogens (tertiary/aromatic N) is 4. The summed E-state index contributed by atoms with van der Waals surface area (Å²) in [4.78, 5) is 26.7. The van der Waals surface area contributed by atoms with Gasteiger partial charge in [-0.1, -0.05) is 37.3 Å². The minimum absolute atomic E-state index is 0.0364. The number of carbonyl (C=O) groups is 1. The first-order chi connectivity index (χ1) is 13.7. The number of amides is 1. The Morgan fingerprint density at radius 3 is 2.75 bits per heavy atom. The standard InChI is InChI=1S/C23H30N4O/c1-3-21(28)27-15-8-12-20(27)22-24-17(2)19-11-7-14-26(23(19)25-22)16-13-18-9-5-4-6-10-18/h4-6,9-10,20H,3,7-8,11-16H2,1-2H3/t20-/m1/s1. The van der Waals surface area contributed by atoms with E-state index < -0.39 is 0 Å². The first-order valence-corrected chi connectivity index (χ1v) is 10.6. The maximum Gasteiger partial charge on any atom is 0.222 e. The highest BCUT2D eigenvalue weighted by molar-refractivity contribution is 5.76. The average molecular weight is 379 g/mol. The highest BCUT2D eigenvalue weighted by Gasteiger charge is 2.33. The average Bonchev–Trinajstić information content (AvgIpc) is 3.22. The van der Waals surface area contributed by atoms with Crippen molar-refractivity contribution in [2.45, 2.75) is 58.4 Å². The molecule has 1 aromatic heterocycles. The van der Waals surface area contributed by atoms with Crippen molar-refractivity contribution in [3.05, 3.63) is 53.0 Å². The molecule has 148 valence electrons. The maximum atomic E-state index is 12.4. The molecule has 1 aromatic carbocycles. The summed E-state index contributed by atoms with van der Waals surface area (Å²) in [5.74, 6) is 2.14. The van der Waals surface area contributed by atoms with Crippen LogP contribution in [0.5, 0.6) is 0 Å². The van der Waals surface area contributed by atoms with Crippen molar-refractivity contribution in [3.8, 4) is 0 Å². The summed E-state index contributed by atoms with van der Waals surface area (Å²) >= 11 is 0. The molecule has 0 unspecified atom stereocenters. The van der Waals surface area contributed by atoms with Gasteiger partial charge in [0.25, 0.3) is 0 Å². The second-order valence-electron chi connectivity index (χ2n) is 7.89. The molecule has 1 saturated heterocycles. The molecule has 4 rings (SSSR count). The van der Waals surface area contributed by atoms with Crippen molar-refractivity contribution in [2.24, 2.45) is 0 Å². The molecule has 0 spiro atoms. The zero-order valence-electron chi connectivity index (χ0n) is 17.0. The van der Waals surface area contributed by atoms with Gasteiger partial charge in [-0.2, -0.15) is 0 Å². The summed E-state index contributed by atoms with van der Waals surface area (Å²) in [6, 6.07) is 10.7. The fourth-order valence-electron chi connectivity index (χ4n) is 4.52. The molecule has 2 aliphatic rings. The first kappa shape index (κ1) is 18.9. The summed E-state index contributed by atoms with van der Waals surface area (Å²) in [5, 5.41) is 0. The van der Waals surface area contributed by atoms with Gasteiger partial charge in [-0.15, -0.1) is 0 Å². The zero-order chi connectivity index (χ0) is 19.5. The van der Waals surface area contributed by atoms with E-state index in [1.54, 1.807) is 0 Å². The molecule has 28 heavy (non-hydrogen) atoms. The lowest BCUT2D eigenvalue weighted by Gasteiger charge is -2.32. The predicted molar refractivity (Wildman–Crippen MR) is 111 cm³/mol. The predicted octanol–water partition coefficient (Wildman–Crippen LogP) is 3.85. The van der Waals surface area contributed by atoms with E-state index in [2.05, 4.69) is 42.2 Å². The molecule has 0 aliphatic carbocycles. The van der Waals surface area contributed by atoms with Gasteiger partial charge in [-0.05, 0) is 44.6 Å². The molecule has 3 heterocycles. The van der Waals surface area contributed by atoms with Crippen molar-refractivity contribution in [3.63, 3.8) is 0 Å². The lowest BCUT2D eigenvalue weighted by Crippen LogP contribution is -2.35. The van der Waals surface area contributed by atoms with Gasteiger partial charge in [0.15, 0.2) is 5.82 Å². The van der Waals surface area contributed by atoms with E-state index >= 15 is 0 Å². The largest absolute Gasteiger partial charge is 0.356 e.